The van der Waals surface area contributed by atoms with E-state index in [2.05, 4.69) is 52.8 Å². The van der Waals surface area contributed by atoms with Gasteiger partial charge in [-0.15, -0.1) is 11.3 Å². The van der Waals surface area contributed by atoms with Crippen molar-refractivity contribution < 1.29 is 0 Å². The zero-order chi connectivity index (χ0) is 14.2. The van der Waals surface area contributed by atoms with Crippen LogP contribution < -0.4 is 5.73 Å². The molecule has 0 aliphatic rings. The summed E-state index contributed by atoms with van der Waals surface area (Å²) in [5, 5.41) is 0. The Hall–Kier alpha value is -1.12. The maximum atomic E-state index is 6.40. The van der Waals surface area contributed by atoms with E-state index < -0.39 is 0 Å². The summed E-state index contributed by atoms with van der Waals surface area (Å²) in [4.78, 5) is 2.68. The van der Waals surface area contributed by atoms with Crippen molar-refractivity contribution >= 4 is 11.3 Å². The molecule has 0 aliphatic heterocycles. The topological polar surface area (TPSA) is 26.0 Å². The maximum absolute atomic E-state index is 6.40. The fourth-order valence-corrected chi connectivity index (χ4v) is 3.68. The van der Waals surface area contributed by atoms with Gasteiger partial charge in [-0.3, -0.25) is 0 Å². The molecular formula is C17H23NS. The van der Waals surface area contributed by atoms with E-state index in [1.807, 2.05) is 11.3 Å². The van der Waals surface area contributed by atoms with Crippen molar-refractivity contribution in [3.05, 3.63) is 55.8 Å². The van der Waals surface area contributed by atoms with E-state index in [0.29, 0.717) is 0 Å². The second-order valence-electron chi connectivity index (χ2n) is 5.58. The third-order valence-corrected chi connectivity index (χ3v) is 5.10. The van der Waals surface area contributed by atoms with Crippen LogP contribution >= 0.6 is 11.3 Å². The van der Waals surface area contributed by atoms with Crippen LogP contribution in [-0.4, -0.2) is 0 Å². The van der Waals surface area contributed by atoms with Gasteiger partial charge in [0.1, 0.15) is 0 Å². The standard InChI is InChI=1S/C17H23NS/c1-10-6-12(3)15(13(4)7-10)9-16(18)17-8-11(2)14(5)19-17/h6-8,16H,9,18H2,1-5H3. The average Bonchev–Trinajstić information content (AvgIpc) is 2.64. The van der Waals surface area contributed by atoms with Crippen molar-refractivity contribution in [2.24, 2.45) is 5.73 Å². The number of rotatable bonds is 3. The van der Waals surface area contributed by atoms with Crippen LogP contribution in [0.15, 0.2) is 18.2 Å². The summed E-state index contributed by atoms with van der Waals surface area (Å²) in [7, 11) is 0. The molecule has 0 amide bonds. The second-order valence-corrected chi connectivity index (χ2v) is 6.86. The van der Waals surface area contributed by atoms with Crippen LogP contribution in [0.2, 0.25) is 0 Å². The lowest BCUT2D eigenvalue weighted by Crippen LogP contribution is -2.13. The molecule has 19 heavy (non-hydrogen) atoms. The van der Waals surface area contributed by atoms with Crippen LogP contribution in [0.1, 0.15) is 43.6 Å². The Labute approximate surface area is 120 Å². The van der Waals surface area contributed by atoms with E-state index in [-0.39, 0.29) is 6.04 Å². The van der Waals surface area contributed by atoms with Gasteiger partial charge in [0, 0.05) is 15.8 Å². The van der Waals surface area contributed by atoms with E-state index in [1.54, 1.807) is 0 Å². The summed E-state index contributed by atoms with van der Waals surface area (Å²) in [5.41, 5.74) is 13.2. The third-order valence-electron chi connectivity index (χ3n) is 3.81. The molecule has 1 aromatic carbocycles. The third kappa shape index (κ3) is 3.07. The van der Waals surface area contributed by atoms with Gasteiger partial charge in [-0.25, -0.2) is 0 Å². The molecule has 0 radical (unpaired) electrons. The summed E-state index contributed by atoms with van der Waals surface area (Å²) in [6, 6.07) is 6.85. The largest absolute Gasteiger partial charge is 0.323 e. The molecule has 1 atom stereocenters. The molecule has 2 heteroatoms. The van der Waals surface area contributed by atoms with Crippen LogP contribution in [0.5, 0.6) is 0 Å². The maximum Gasteiger partial charge on any atom is 0.0431 e. The highest BCUT2D eigenvalue weighted by atomic mass is 32.1. The molecule has 2 aromatic rings. The molecule has 1 heterocycles. The molecule has 1 aromatic heterocycles. The van der Waals surface area contributed by atoms with Gasteiger partial charge in [0.25, 0.3) is 0 Å². The smallest absolute Gasteiger partial charge is 0.0431 e. The summed E-state index contributed by atoms with van der Waals surface area (Å²) >= 11 is 1.83. The van der Waals surface area contributed by atoms with Gasteiger partial charge < -0.3 is 5.73 Å². The predicted octanol–water partition coefficient (Wildman–Crippen LogP) is 4.53. The fourth-order valence-electron chi connectivity index (χ4n) is 2.64. The highest BCUT2D eigenvalue weighted by Crippen LogP contribution is 2.29. The first-order valence-corrected chi connectivity index (χ1v) is 7.59. The molecular weight excluding hydrogens is 250 g/mol. The molecule has 2 rings (SSSR count). The first-order chi connectivity index (χ1) is 8.88. The molecule has 0 fully saturated rings. The van der Waals surface area contributed by atoms with Crippen molar-refractivity contribution in [2.75, 3.05) is 0 Å². The highest BCUT2D eigenvalue weighted by molar-refractivity contribution is 7.12. The Bertz CT molecular complexity index is 553. The van der Waals surface area contributed by atoms with Crippen molar-refractivity contribution in [2.45, 2.75) is 47.1 Å². The number of nitrogens with two attached hydrogens (primary N) is 1. The van der Waals surface area contributed by atoms with E-state index in [1.165, 1.54) is 37.6 Å². The monoisotopic (exact) mass is 273 g/mol. The lowest BCUT2D eigenvalue weighted by atomic mass is 9.94. The first-order valence-electron chi connectivity index (χ1n) is 6.77. The van der Waals surface area contributed by atoms with E-state index in [4.69, 9.17) is 5.73 Å². The van der Waals surface area contributed by atoms with Gasteiger partial charge in [0.05, 0.1) is 0 Å². The zero-order valence-corrected chi connectivity index (χ0v) is 13.3. The van der Waals surface area contributed by atoms with Crippen molar-refractivity contribution in [1.29, 1.82) is 0 Å². The Morgan fingerprint density at radius 1 is 0.947 bits per heavy atom. The van der Waals surface area contributed by atoms with Gasteiger partial charge in [-0.05, 0) is 69.4 Å². The van der Waals surface area contributed by atoms with Crippen LogP contribution in [0.25, 0.3) is 0 Å². The number of hydrogen-bond acceptors (Lipinski definition) is 2. The van der Waals surface area contributed by atoms with Crippen molar-refractivity contribution in [3.8, 4) is 0 Å². The molecule has 1 nitrogen and oxygen atoms in total. The van der Waals surface area contributed by atoms with Crippen molar-refractivity contribution in [1.82, 2.24) is 0 Å². The molecule has 0 spiro atoms. The van der Waals surface area contributed by atoms with Crippen LogP contribution in [0.3, 0.4) is 0 Å². The summed E-state index contributed by atoms with van der Waals surface area (Å²) in [5.74, 6) is 0. The Kier molecular flexibility index (Phi) is 4.12. The SMILES string of the molecule is Cc1cc(C)c(CC(N)c2cc(C)c(C)s2)c(C)c1. The Morgan fingerprint density at radius 2 is 1.53 bits per heavy atom. The van der Waals surface area contributed by atoms with Crippen molar-refractivity contribution in [3.63, 3.8) is 0 Å². The molecule has 102 valence electrons. The van der Waals surface area contributed by atoms with Gasteiger partial charge >= 0.3 is 0 Å². The first kappa shape index (κ1) is 14.3. The van der Waals surface area contributed by atoms with Gasteiger partial charge in [-0.1, -0.05) is 17.7 Å². The minimum absolute atomic E-state index is 0.109. The average molecular weight is 273 g/mol. The predicted molar refractivity (Wildman–Crippen MR) is 85.1 cm³/mol. The summed E-state index contributed by atoms with van der Waals surface area (Å²) in [6.07, 6.45) is 0.928. The summed E-state index contributed by atoms with van der Waals surface area (Å²) < 4.78 is 0. The van der Waals surface area contributed by atoms with Crippen LogP contribution in [0, 0.1) is 34.6 Å². The van der Waals surface area contributed by atoms with Gasteiger partial charge in [0.2, 0.25) is 0 Å². The molecule has 0 bridgehead atoms. The van der Waals surface area contributed by atoms with Gasteiger partial charge in [-0.2, -0.15) is 0 Å². The van der Waals surface area contributed by atoms with Crippen LogP contribution in [0.4, 0.5) is 0 Å². The lowest BCUT2D eigenvalue weighted by Gasteiger charge is -2.15. The van der Waals surface area contributed by atoms with E-state index in [9.17, 15) is 0 Å². The molecule has 0 aliphatic carbocycles. The quantitative estimate of drug-likeness (QED) is 0.873. The number of thiophene rings is 1. The normalized spacial score (nSPS) is 12.7. The van der Waals surface area contributed by atoms with E-state index in [0.717, 1.165) is 6.42 Å². The number of aryl methyl sites for hydroxylation is 5. The minimum Gasteiger partial charge on any atom is -0.323 e. The summed E-state index contributed by atoms with van der Waals surface area (Å²) in [6.45, 7) is 10.8. The lowest BCUT2D eigenvalue weighted by molar-refractivity contribution is 0.729. The molecule has 2 N–H and O–H groups in total. The Balaban J connectivity index is 2.26. The van der Waals surface area contributed by atoms with Crippen LogP contribution in [-0.2, 0) is 6.42 Å². The zero-order valence-electron chi connectivity index (χ0n) is 12.5. The molecule has 0 saturated heterocycles. The fraction of sp³-hybridized carbons (Fsp3) is 0.412. The highest BCUT2D eigenvalue weighted by Gasteiger charge is 2.14. The number of hydrogen-bond donors (Lipinski definition) is 1. The second kappa shape index (κ2) is 5.48. The molecule has 0 saturated carbocycles. The van der Waals surface area contributed by atoms with Gasteiger partial charge in [0.15, 0.2) is 0 Å². The Morgan fingerprint density at radius 3 is 2.00 bits per heavy atom. The molecule has 1 unspecified atom stereocenters. The minimum atomic E-state index is 0.109. The number of benzene rings is 1. The van der Waals surface area contributed by atoms with E-state index >= 15 is 0 Å².